The van der Waals surface area contributed by atoms with E-state index in [0.29, 0.717) is 0 Å². The fraction of sp³-hybridized carbons (Fsp3) is 0.429. The van der Waals surface area contributed by atoms with Crippen LogP contribution in [0.2, 0.25) is 0 Å². The van der Waals surface area contributed by atoms with Gasteiger partial charge in [0.25, 0.3) is 0 Å². The molecule has 20 heavy (non-hydrogen) atoms. The van der Waals surface area contributed by atoms with E-state index in [1.54, 1.807) is 23.1 Å². The number of thioether (sulfide) groups is 1. The molecular weight excluding hydrogens is 290 g/mol. The smallest absolute Gasteiger partial charge is 0.241 e. The highest BCUT2D eigenvalue weighted by molar-refractivity contribution is 8.00. The second-order valence-electron chi connectivity index (χ2n) is 5.70. The van der Waals surface area contributed by atoms with Crippen LogP contribution in [-0.2, 0) is 4.79 Å². The van der Waals surface area contributed by atoms with Gasteiger partial charge >= 0.3 is 0 Å². The molecule has 0 spiro atoms. The molecule has 0 aliphatic carbocycles. The SMILES string of the molecule is CSc1nc2ccc(NC(=O)[C@H](N)C(C)(C)C)cc2s1. The number of aromatic nitrogens is 1. The van der Waals surface area contributed by atoms with E-state index in [-0.39, 0.29) is 11.3 Å². The maximum atomic E-state index is 12.1. The van der Waals surface area contributed by atoms with Crippen LogP contribution in [0.15, 0.2) is 22.5 Å². The molecular formula is C14H19N3OS2. The first kappa shape index (κ1) is 15.3. The number of benzene rings is 1. The number of hydrogen-bond donors (Lipinski definition) is 2. The number of rotatable bonds is 3. The predicted octanol–water partition coefficient (Wildman–Crippen LogP) is 3.33. The topological polar surface area (TPSA) is 68.0 Å². The highest BCUT2D eigenvalue weighted by Crippen LogP contribution is 2.30. The van der Waals surface area contributed by atoms with Crippen molar-refractivity contribution in [1.29, 1.82) is 0 Å². The van der Waals surface area contributed by atoms with Crippen molar-refractivity contribution in [3.63, 3.8) is 0 Å². The van der Waals surface area contributed by atoms with E-state index in [9.17, 15) is 4.79 Å². The molecule has 0 aliphatic rings. The van der Waals surface area contributed by atoms with Gasteiger partial charge in [-0.1, -0.05) is 32.5 Å². The summed E-state index contributed by atoms with van der Waals surface area (Å²) in [4.78, 5) is 16.6. The third kappa shape index (κ3) is 3.31. The quantitative estimate of drug-likeness (QED) is 0.853. The standard InChI is InChI=1S/C14H19N3OS2/c1-14(2,3)11(15)12(18)16-8-5-6-9-10(7-8)20-13(17-9)19-4/h5-7,11H,15H2,1-4H3,(H,16,18)/t11-/m0/s1. The first-order valence-electron chi connectivity index (χ1n) is 6.32. The zero-order valence-corrected chi connectivity index (χ0v) is 13.7. The summed E-state index contributed by atoms with van der Waals surface area (Å²) in [5, 5.41) is 2.88. The average molecular weight is 309 g/mol. The minimum Gasteiger partial charge on any atom is -0.325 e. The van der Waals surface area contributed by atoms with Gasteiger partial charge in [0, 0.05) is 5.69 Å². The summed E-state index contributed by atoms with van der Waals surface area (Å²) in [6.45, 7) is 5.86. The summed E-state index contributed by atoms with van der Waals surface area (Å²) >= 11 is 3.24. The number of nitrogens with one attached hydrogen (secondary N) is 1. The monoisotopic (exact) mass is 309 g/mol. The molecule has 108 valence electrons. The minimum atomic E-state index is -0.540. The predicted molar refractivity (Wildman–Crippen MR) is 87.5 cm³/mol. The van der Waals surface area contributed by atoms with Crippen LogP contribution in [0.3, 0.4) is 0 Å². The van der Waals surface area contributed by atoms with Crippen molar-refractivity contribution in [3.8, 4) is 0 Å². The van der Waals surface area contributed by atoms with Gasteiger partial charge in [0.1, 0.15) is 0 Å². The van der Waals surface area contributed by atoms with Crippen LogP contribution >= 0.6 is 23.1 Å². The number of carbonyl (C=O) groups is 1. The number of carbonyl (C=O) groups excluding carboxylic acids is 1. The molecule has 0 saturated carbocycles. The van der Waals surface area contributed by atoms with Crippen LogP contribution in [0.25, 0.3) is 10.2 Å². The fourth-order valence-corrected chi connectivity index (χ4v) is 3.21. The molecule has 0 fully saturated rings. The molecule has 0 aliphatic heterocycles. The first-order chi connectivity index (χ1) is 9.31. The van der Waals surface area contributed by atoms with E-state index in [4.69, 9.17) is 5.73 Å². The Labute approximate surface area is 127 Å². The Bertz CT molecular complexity index is 631. The van der Waals surface area contributed by atoms with Crippen molar-refractivity contribution in [3.05, 3.63) is 18.2 Å². The van der Waals surface area contributed by atoms with E-state index in [2.05, 4.69) is 10.3 Å². The molecule has 3 N–H and O–H groups in total. The Morgan fingerprint density at radius 2 is 2.15 bits per heavy atom. The molecule has 1 aromatic carbocycles. The number of hydrogen-bond acceptors (Lipinski definition) is 5. The fourth-order valence-electron chi connectivity index (χ4n) is 1.68. The Hall–Kier alpha value is -1.11. The Balaban J connectivity index is 2.19. The zero-order valence-electron chi connectivity index (χ0n) is 12.1. The molecule has 1 heterocycles. The molecule has 6 heteroatoms. The van der Waals surface area contributed by atoms with E-state index >= 15 is 0 Å². The molecule has 0 radical (unpaired) electrons. The second kappa shape index (κ2) is 5.71. The van der Waals surface area contributed by atoms with Crippen molar-refractivity contribution in [1.82, 2.24) is 4.98 Å². The molecule has 0 bridgehead atoms. The highest BCUT2D eigenvalue weighted by atomic mass is 32.2. The van der Waals surface area contributed by atoms with Gasteiger partial charge in [0.05, 0.1) is 16.3 Å². The molecule has 1 aromatic heterocycles. The van der Waals surface area contributed by atoms with Crippen LogP contribution in [0.5, 0.6) is 0 Å². The Morgan fingerprint density at radius 1 is 1.45 bits per heavy atom. The van der Waals surface area contributed by atoms with Crippen LogP contribution < -0.4 is 11.1 Å². The van der Waals surface area contributed by atoms with Crippen molar-refractivity contribution in [2.24, 2.45) is 11.1 Å². The molecule has 0 saturated heterocycles. The number of fused-ring (bicyclic) bond motifs is 1. The summed E-state index contributed by atoms with van der Waals surface area (Å²) in [7, 11) is 0. The van der Waals surface area contributed by atoms with Gasteiger partial charge in [-0.05, 0) is 29.9 Å². The molecule has 4 nitrogen and oxygen atoms in total. The highest BCUT2D eigenvalue weighted by Gasteiger charge is 2.27. The Kier molecular flexibility index (Phi) is 4.36. The first-order valence-corrected chi connectivity index (χ1v) is 8.36. The summed E-state index contributed by atoms with van der Waals surface area (Å²) in [5.74, 6) is -0.161. The maximum absolute atomic E-state index is 12.1. The molecule has 2 aromatic rings. The third-order valence-electron chi connectivity index (χ3n) is 3.03. The number of thiazole rings is 1. The van der Waals surface area contributed by atoms with Gasteiger partial charge in [-0.2, -0.15) is 0 Å². The van der Waals surface area contributed by atoms with Crippen LogP contribution in [0, 0.1) is 5.41 Å². The van der Waals surface area contributed by atoms with Gasteiger partial charge in [-0.15, -0.1) is 11.3 Å². The average Bonchev–Trinajstić information content (AvgIpc) is 2.78. The molecule has 2 rings (SSSR count). The minimum absolute atomic E-state index is 0.161. The van der Waals surface area contributed by atoms with E-state index in [0.717, 1.165) is 20.2 Å². The van der Waals surface area contributed by atoms with E-state index < -0.39 is 6.04 Å². The lowest BCUT2D eigenvalue weighted by Gasteiger charge is -2.25. The van der Waals surface area contributed by atoms with Gasteiger partial charge < -0.3 is 11.1 Å². The maximum Gasteiger partial charge on any atom is 0.241 e. The Morgan fingerprint density at radius 3 is 2.75 bits per heavy atom. The number of nitrogens with zero attached hydrogens (tertiary/aromatic N) is 1. The lowest BCUT2D eigenvalue weighted by Crippen LogP contribution is -2.45. The molecule has 1 atom stereocenters. The normalized spacial score (nSPS) is 13.4. The number of anilines is 1. The van der Waals surface area contributed by atoms with Gasteiger partial charge in [0.2, 0.25) is 5.91 Å². The number of nitrogens with two attached hydrogens (primary N) is 1. The number of amides is 1. The van der Waals surface area contributed by atoms with Gasteiger partial charge in [0.15, 0.2) is 4.34 Å². The van der Waals surface area contributed by atoms with Crippen LogP contribution in [0.4, 0.5) is 5.69 Å². The van der Waals surface area contributed by atoms with Crippen molar-refractivity contribution < 1.29 is 4.79 Å². The second-order valence-corrected chi connectivity index (χ2v) is 7.78. The van der Waals surface area contributed by atoms with Crippen LogP contribution in [-0.4, -0.2) is 23.2 Å². The zero-order chi connectivity index (χ0) is 14.9. The molecule has 0 unspecified atom stereocenters. The summed E-state index contributed by atoms with van der Waals surface area (Å²) in [6, 6.07) is 5.19. The van der Waals surface area contributed by atoms with Crippen molar-refractivity contribution in [2.75, 3.05) is 11.6 Å². The van der Waals surface area contributed by atoms with Crippen molar-refractivity contribution >= 4 is 44.9 Å². The van der Waals surface area contributed by atoms with Crippen LogP contribution in [0.1, 0.15) is 20.8 Å². The lowest BCUT2D eigenvalue weighted by molar-refractivity contribution is -0.119. The lowest BCUT2D eigenvalue weighted by atomic mass is 9.87. The largest absolute Gasteiger partial charge is 0.325 e. The van der Waals surface area contributed by atoms with Crippen molar-refractivity contribution in [2.45, 2.75) is 31.2 Å². The summed E-state index contributed by atoms with van der Waals surface area (Å²) in [6.07, 6.45) is 2.00. The summed E-state index contributed by atoms with van der Waals surface area (Å²) < 4.78 is 2.09. The van der Waals surface area contributed by atoms with E-state index in [1.165, 1.54) is 0 Å². The van der Waals surface area contributed by atoms with E-state index in [1.807, 2.05) is 45.2 Å². The third-order valence-corrected chi connectivity index (χ3v) is 5.03. The van der Waals surface area contributed by atoms with Gasteiger partial charge in [-0.3, -0.25) is 4.79 Å². The molecule has 1 amide bonds. The summed E-state index contributed by atoms with van der Waals surface area (Å²) in [5.41, 5.74) is 7.41. The van der Waals surface area contributed by atoms with Gasteiger partial charge in [-0.25, -0.2) is 4.98 Å².